The molecule has 1 aromatic carbocycles. The van der Waals surface area contributed by atoms with Gasteiger partial charge < -0.3 is 15.0 Å². The fourth-order valence-corrected chi connectivity index (χ4v) is 4.26. The number of nitrogens with one attached hydrogen (secondary N) is 1. The van der Waals surface area contributed by atoms with Crippen LogP contribution in [0.2, 0.25) is 0 Å². The molecule has 2 aliphatic rings. The van der Waals surface area contributed by atoms with Crippen LogP contribution in [0.4, 0.5) is 0 Å². The first kappa shape index (κ1) is 18.7. The largest absolute Gasteiger partial charge is 0.384 e. The molecule has 0 radical (unpaired) electrons. The van der Waals surface area contributed by atoms with Gasteiger partial charge in [-0.25, -0.2) is 0 Å². The lowest BCUT2D eigenvalue weighted by molar-refractivity contribution is 0.157. The Labute approximate surface area is 160 Å². The third-order valence-electron chi connectivity index (χ3n) is 5.62. The molecule has 0 spiro atoms. The Hall–Kier alpha value is -1.07. The Bertz CT molecular complexity index is 583. The lowest BCUT2D eigenvalue weighted by Gasteiger charge is -2.41. The number of rotatable bonds is 6. The minimum Gasteiger partial charge on any atom is -0.384 e. The summed E-state index contributed by atoms with van der Waals surface area (Å²) >= 11 is 3.54. The van der Waals surface area contributed by atoms with Gasteiger partial charge in [0.2, 0.25) is 0 Å². The Balaban J connectivity index is 1.71. The maximum absolute atomic E-state index is 5.33. The highest BCUT2D eigenvalue weighted by Crippen LogP contribution is 2.44. The minimum atomic E-state index is 0.229. The zero-order valence-electron chi connectivity index (χ0n) is 15.4. The van der Waals surface area contributed by atoms with Gasteiger partial charge in [0, 0.05) is 42.5 Å². The maximum Gasteiger partial charge on any atom is 0.193 e. The summed E-state index contributed by atoms with van der Waals surface area (Å²) < 4.78 is 6.47. The molecule has 1 atom stereocenters. The van der Waals surface area contributed by atoms with E-state index >= 15 is 0 Å². The number of nitrogens with zero attached hydrogens (tertiary/aromatic N) is 2. The minimum absolute atomic E-state index is 0.229. The highest BCUT2D eigenvalue weighted by atomic mass is 79.9. The zero-order valence-corrected chi connectivity index (χ0v) is 17.0. The number of aliphatic imine (C=N–C) groups is 1. The monoisotopic (exact) mass is 407 g/mol. The molecule has 0 aromatic heterocycles. The van der Waals surface area contributed by atoms with Gasteiger partial charge in [-0.3, -0.25) is 4.99 Å². The van der Waals surface area contributed by atoms with E-state index in [0.29, 0.717) is 5.92 Å². The normalized spacial score (nSPS) is 22.8. The van der Waals surface area contributed by atoms with Crippen molar-refractivity contribution in [2.24, 2.45) is 10.9 Å². The number of likely N-dealkylation sites (tertiary alicyclic amines) is 1. The van der Waals surface area contributed by atoms with Gasteiger partial charge in [-0.1, -0.05) is 34.5 Å². The summed E-state index contributed by atoms with van der Waals surface area (Å²) in [6.45, 7) is 6.90. The number of ether oxygens (including phenoxy) is 1. The van der Waals surface area contributed by atoms with Gasteiger partial charge in [0.15, 0.2) is 5.96 Å². The molecule has 4 nitrogen and oxygen atoms in total. The van der Waals surface area contributed by atoms with Crippen LogP contribution in [0.3, 0.4) is 0 Å². The number of hydrogen-bond donors (Lipinski definition) is 1. The highest BCUT2D eigenvalue weighted by Gasteiger charge is 2.38. The van der Waals surface area contributed by atoms with E-state index in [4.69, 9.17) is 9.73 Å². The van der Waals surface area contributed by atoms with Crippen LogP contribution in [0, 0.1) is 5.92 Å². The van der Waals surface area contributed by atoms with Crippen LogP contribution in [0.5, 0.6) is 0 Å². The van der Waals surface area contributed by atoms with Crippen molar-refractivity contribution in [2.45, 2.75) is 38.0 Å². The topological polar surface area (TPSA) is 36.9 Å². The fourth-order valence-electron chi connectivity index (χ4n) is 3.99. The van der Waals surface area contributed by atoms with E-state index in [-0.39, 0.29) is 5.41 Å². The SMILES string of the molecule is CCNC(=NCC1(c2ccc(Br)cc2)CCC1)N1CCC(COC)C1. The zero-order chi connectivity index (χ0) is 17.7. The lowest BCUT2D eigenvalue weighted by Crippen LogP contribution is -2.43. The van der Waals surface area contributed by atoms with Crippen LogP contribution in [-0.2, 0) is 10.2 Å². The van der Waals surface area contributed by atoms with Crippen molar-refractivity contribution in [3.63, 3.8) is 0 Å². The van der Waals surface area contributed by atoms with Crippen LogP contribution in [0.25, 0.3) is 0 Å². The van der Waals surface area contributed by atoms with E-state index in [1.54, 1.807) is 7.11 Å². The highest BCUT2D eigenvalue weighted by molar-refractivity contribution is 9.10. The number of methoxy groups -OCH3 is 1. The molecule has 138 valence electrons. The average molecular weight is 408 g/mol. The Morgan fingerprint density at radius 1 is 1.36 bits per heavy atom. The van der Waals surface area contributed by atoms with Gasteiger partial charge in [0.1, 0.15) is 0 Å². The van der Waals surface area contributed by atoms with Gasteiger partial charge in [-0.2, -0.15) is 0 Å². The van der Waals surface area contributed by atoms with Gasteiger partial charge in [0.25, 0.3) is 0 Å². The van der Waals surface area contributed by atoms with E-state index in [0.717, 1.165) is 43.2 Å². The van der Waals surface area contributed by atoms with E-state index in [9.17, 15) is 0 Å². The van der Waals surface area contributed by atoms with E-state index in [1.165, 1.54) is 31.2 Å². The summed E-state index contributed by atoms with van der Waals surface area (Å²) in [5.41, 5.74) is 1.66. The molecule has 1 aromatic rings. The molecule has 5 heteroatoms. The second-order valence-electron chi connectivity index (χ2n) is 7.37. The standard InChI is InChI=1S/C20H30BrN3O/c1-3-22-19(24-12-9-16(13-24)14-25-2)23-15-20(10-4-11-20)17-5-7-18(21)8-6-17/h5-8,16H,3-4,9-15H2,1-2H3,(H,22,23). The van der Waals surface area contributed by atoms with E-state index in [1.807, 2.05) is 0 Å². The quantitative estimate of drug-likeness (QED) is 0.575. The molecule has 1 saturated heterocycles. The molecule has 0 amide bonds. The average Bonchev–Trinajstić information content (AvgIpc) is 3.03. The van der Waals surface area contributed by atoms with Crippen molar-refractivity contribution in [3.05, 3.63) is 34.3 Å². The Morgan fingerprint density at radius 3 is 2.72 bits per heavy atom. The number of halogens is 1. The molecule has 2 fully saturated rings. The molecule has 0 bridgehead atoms. The summed E-state index contributed by atoms with van der Waals surface area (Å²) in [7, 11) is 1.79. The third kappa shape index (κ3) is 4.37. The van der Waals surface area contributed by atoms with Gasteiger partial charge in [0.05, 0.1) is 13.2 Å². The lowest BCUT2D eigenvalue weighted by atomic mass is 9.64. The summed E-state index contributed by atoms with van der Waals surface area (Å²) in [6, 6.07) is 8.83. The Kier molecular flexibility index (Phi) is 6.39. The fraction of sp³-hybridized carbons (Fsp3) is 0.650. The molecule has 1 unspecified atom stereocenters. The van der Waals surface area contributed by atoms with Gasteiger partial charge >= 0.3 is 0 Å². The molecule has 1 heterocycles. The van der Waals surface area contributed by atoms with Crippen LogP contribution in [-0.4, -0.2) is 50.8 Å². The van der Waals surface area contributed by atoms with Crippen LogP contribution < -0.4 is 5.32 Å². The van der Waals surface area contributed by atoms with E-state index < -0.39 is 0 Å². The predicted octanol–water partition coefficient (Wildman–Crippen LogP) is 3.80. The third-order valence-corrected chi connectivity index (χ3v) is 6.15. The summed E-state index contributed by atoms with van der Waals surface area (Å²) in [5, 5.41) is 3.50. The van der Waals surface area contributed by atoms with Crippen molar-refractivity contribution in [3.8, 4) is 0 Å². The molecule has 3 rings (SSSR count). The number of benzene rings is 1. The first-order chi connectivity index (χ1) is 12.2. The summed E-state index contributed by atoms with van der Waals surface area (Å²) in [6.07, 6.45) is 4.98. The van der Waals surface area contributed by atoms with Crippen molar-refractivity contribution in [2.75, 3.05) is 39.9 Å². The van der Waals surface area contributed by atoms with Crippen molar-refractivity contribution >= 4 is 21.9 Å². The Morgan fingerprint density at radius 2 is 2.12 bits per heavy atom. The summed E-state index contributed by atoms with van der Waals surface area (Å²) in [5.74, 6) is 1.70. The second-order valence-corrected chi connectivity index (χ2v) is 8.28. The smallest absolute Gasteiger partial charge is 0.193 e. The molecule has 25 heavy (non-hydrogen) atoms. The number of hydrogen-bond acceptors (Lipinski definition) is 2. The van der Waals surface area contributed by atoms with E-state index in [2.05, 4.69) is 57.3 Å². The molecular formula is C20H30BrN3O. The molecule has 1 saturated carbocycles. The molecular weight excluding hydrogens is 378 g/mol. The molecule has 1 aliphatic carbocycles. The van der Waals surface area contributed by atoms with Crippen LogP contribution in [0.15, 0.2) is 33.7 Å². The van der Waals surface area contributed by atoms with Gasteiger partial charge in [-0.05, 0) is 43.9 Å². The van der Waals surface area contributed by atoms with Crippen molar-refractivity contribution in [1.29, 1.82) is 0 Å². The second kappa shape index (κ2) is 8.54. The van der Waals surface area contributed by atoms with Gasteiger partial charge in [-0.15, -0.1) is 0 Å². The first-order valence-electron chi connectivity index (χ1n) is 9.45. The van der Waals surface area contributed by atoms with Crippen LogP contribution in [0.1, 0.15) is 38.2 Å². The first-order valence-corrected chi connectivity index (χ1v) is 10.2. The maximum atomic E-state index is 5.33. The number of guanidine groups is 1. The predicted molar refractivity (Wildman–Crippen MR) is 107 cm³/mol. The van der Waals surface area contributed by atoms with Crippen LogP contribution >= 0.6 is 15.9 Å². The molecule has 1 N–H and O–H groups in total. The summed E-state index contributed by atoms with van der Waals surface area (Å²) in [4.78, 5) is 7.47. The van der Waals surface area contributed by atoms with Crippen molar-refractivity contribution < 1.29 is 4.74 Å². The van der Waals surface area contributed by atoms with Crippen molar-refractivity contribution in [1.82, 2.24) is 10.2 Å². The molecule has 1 aliphatic heterocycles.